The van der Waals surface area contributed by atoms with Gasteiger partial charge in [0.25, 0.3) is 0 Å². The van der Waals surface area contributed by atoms with Gasteiger partial charge in [-0.25, -0.2) is 0 Å². The molecule has 1 aliphatic heterocycles. The number of hydrogen-bond donors (Lipinski definition) is 1. The zero-order chi connectivity index (χ0) is 8.39. The molecule has 0 aromatic carbocycles. The summed E-state index contributed by atoms with van der Waals surface area (Å²) in [4.78, 5) is 0. The molecule has 2 fully saturated rings. The molecule has 70 valence electrons. The van der Waals surface area contributed by atoms with Crippen molar-refractivity contribution in [3.8, 4) is 0 Å². The summed E-state index contributed by atoms with van der Waals surface area (Å²) in [6.07, 6.45) is 5.40. The van der Waals surface area contributed by atoms with Crippen LogP contribution in [-0.4, -0.2) is 25.3 Å². The average molecular weight is 169 g/mol. The minimum atomic E-state index is 0.634. The number of ether oxygens (including phenoxy) is 1. The van der Waals surface area contributed by atoms with Crippen LogP contribution in [0, 0.1) is 5.92 Å². The van der Waals surface area contributed by atoms with Crippen LogP contribution >= 0.6 is 0 Å². The molecular weight excluding hydrogens is 150 g/mol. The van der Waals surface area contributed by atoms with Crippen molar-refractivity contribution < 1.29 is 4.74 Å². The molecule has 0 radical (unpaired) electrons. The molecule has 1 aliphatic carbocycles. The highest BCUT2D eigenvalue weighted by molar-refractivity contribution is 4.86. The molecule has 2 rings (SSSR count). The highest BCUT2D eigenvalue weighted by Crippen LogP contribution is 2.32. The van der Waals surface area contributed by atoms with E-state index in [1.54, 1.807) is 0 Å². The Kier molecular flexibility index (Phi) is 2.66. The predicted octanol–water partition coefficient (Wildman–Crippen LogP) is 1.55. The molecule has 2 heteroatoms. The highest BCUT2D eigenvalue weighted by Gasteiger charge is 2.29. The van der Waals surface area contributed by atoms with E-state index in [0.717, 1.165) is 25.2 Å². The first kappa shape index (κ1) is 8.52. The predicted molar refractivity (Wildman–Crippen MR) is 49.2 cm³/mol. The average Bonchev–Trinajstić information content (AvgIpc) is 2.88. The van der Waals surface area contributed by atoms with Crippen molar-refractivity contribution in [1.29, 1.82) is 0 Å². The molecule has 2 nitrogen and oxygen atoms in total. The van der Waals surface area contributed by atoms with Gasteiger partial charge in [0.1, 0.15) is 0 Å². The topological polar surface area (TPSA) is 21.3 Å². The Bertz CT molecular complexity index is 139. The zero-order valence-corrected chi connectivity index (χ0v) is 7.88. The van der Waals surface area contributed by atoms with Crippen molar-refractivity contribution in [3.05, 3.63) is 0 Å². The molecule has 0 aromatic heterocycles. The smallest absolute Gasteiger partial charge is 0.0619 e. The number of hydrogen-bond acceptors (Lipinski definition) is 2. The Hall–Kier alpha value is -0.0800. The standard InChI is InChI=1S/C10H19NO/c1-8(9-4-5-9)11-10-3-2-6-12-7-10/h8-11H,2-7H2,1H3/t8?,10-/m0/s1. The molecule has 0 aromatic rings. The molecule has 1 unspecified atom stereocenters. The van der Waals surface area contributed by atoms with Gasteiger partial charge in [-0.2, -0.15) is 0 Å². The highest BCUT2D eigenvalue weighted by atomic mass is 16.5. The first-order chi connectivity index (χ1) is 5.86. The molecule has 0 amide bonds. The summed E-state index contributed by atoms with van der Waals surface area (Å²) in [5.41, 5.74) is 0. The molecule has 1 N–H and O–H groups in total. The van der Waals surface area contributed by atoms with Crippen molar-refractivity contribution in [2.24, 2.45) is 5.92 Å². The zero-order valence-electron chi connectivity index (χ0n) is 7.88. The van der Waals surface area contributed by atoms with E-state index >= 15 is 0 Å². The van der Waals surface area contributed by atoms with Gasteiger partial charge < -0.3 is 10.1 Å². The van der Waals surface area contributed by atoms with Crippen LogP contribution in [0.25, 0.3) is 0 Å². The summed E-state index contributed by atoms with van der Waals surface area (Å²) in [6.45, 7) is 4.21. The molecule has 12 heavy (non-hydrogen) atoms. The summed E-state index contributed by atoms with van der Waals surface area (Å²) in [5, 5.41) is 3.66. The summed E-state index contributed by atoms with van der Waals surface area (Å²) >= 11 is 0. The van der Waals surface area contributed by atoms with Crippen LogP contribution in [0.15, 0.2) is 0 Å². The van der Waals surface area contributed by atoms with Crippen molar-refractivity contribution >= 4 is 0 Å². The molecule has 1 saturated heterocycles. The second-order valence-corrected chi connectivity index (χ2v) is 4.21. The van der Waals surface area contributed by atoms with Crippen molar-refractivity contribution in [3.63, 3.8) is 0 Å². The molecule has 0 spiro atoms. The Morgan fingerprint density at radius 3 is 2.75 bits per heavy atom. The Labute approximate surface area is 74.7 Å². The van der Waals surface area contributed by atoms with Crippen LogP contribution in [0.5, 0.6) is 0 Å². The molecule has 0 bridgehead atoms. The van der Waals surface area contributed by atoms with E-state index in [9.17, 15) is 0 Å². The lowest BCUT2D eigenvalue weighted by Crippen LogP contribution is -2.42. The lowest BCUT2D eigenvalue weighted by molar-refractivity contribution is 0.0661. The van der Waals surface area contributed by atoms with E-state index in [1.165, 1.54) is 25.7 Å². The largest absolute Gasteiger partial charge is 0.380 e. The van der Waals surface area contributed by atoms with Crippen molar-refractivity contribution in [2.75, 3.05) is 13.2 Å². The van der Waals surface area contributed by atoms with E-state index < -0.39 is 0 Å². The van der Waals surface area contributed by atoms with E-state index in [0.29, 0.717) is 6.04 Å². The first-order valence-electron chi connectivity index (χ1n) is 5.20. The van der Waals surface area contributed by atoms with Crippen LogP contribution in [-0.2, 0) is 4.74 Å². The maximum absolute atomic E-state index is 5.42. The van der Waals surface area contributed by atoms with E-state index in [1.807, 2.05) is 0 Å². The second-order valence-electron chi connectivity index (χ2n) is 4.21. The molecule has 2 aliphatic rings. The van der Waals surface area contributed by atoms with Gasteiger partial charge in [0.15, 0.2) is 0 Å². The molecule has 2 atom stereocenters. The normalized spacial score (nSPS) is 33.2. The summed E-state index contributed by atoms with van der Waals surface area (Å²) < 4.78 is 5.42. The third-order valence-corrected chi connectivity index (χ3v) is 2.99. The Morgan fingerprint density at radius 2 is 2.17 bits per heavy atom. The summed E-state index contributed by atoms with van der Waals surface area (Å²) in [5.74, 6) is 0.965. The van der Waals surface area contributed by atoms with E-state index in [2.05, 4.69) is 12.2 Å². The number of nitrogens with one attached hydrogen (secondary N) is 1. The minimum Gasteiger partial charge on any atom is -0.380 e. The SMILES string of the molecule is CC(N[C@H]1CCCOC1)C1CC1. The van der Waals surface area contributed by atoms with Crippen molar-refractivity contribution in [2.45, 2.75) is 44.7 Å². The Balaban J connectivity index is 1.69. The monoisotopic (exact) mass is 169 g/mol. The van der Waals surface area contributed by atoms with E-state index in [4.69, 9.17) is 4.74 Å². The van der Waals surface area contributed by atoms with Crippen LogP contribution in [0.4, 0.5) is 0 Å². The fraction of sp³-hybridized carbons (Fsp3) is 1.00. The molecule has 1 saturated carbocycles. The maximum Gasteiger partial charge on any atom is 0.0619 e. The Morgan fingerprint density at radius 1 is 1.33 bits per heavy atom. The fourth-order valence-electron chi connectivity index (χ4n) is 1.98. The van der Waals surface area contributed by atoms with Gasteiger partial charge in [-0.3, -0.25) is 0 Å². The molecule has 1 heterocycles. The quantitative estimate of drug-likeness (QED) is 0.692. The van der Waals surface area contributed by atoms with Crippen LogP contribution in [0.3, 0.4) is 0 Å². The van der Waals surface area contributed by atoms with Gasteiger partial charge >= 0.3 is 0 Å². The first-order valence-corrected chi connectivity index (χ1v) is 5.20. The summed E-state index contributed by atoms with van der Waals surface area (Å²) in [6, 6.07) is 1.35. The van der Waals surface area contributed by atoms with Gasteiger partial charge in [-0.1, -0.05) is 0 Å². The van der Waals surface area contributed by atoms with Crippen LogP contribution in [0.2, 0.25) is 0 Å². The van der Waals surface area contributed by atoms with Gasteiger partial charge in [-0.05, 0) is 38.5 Å². The van der Waals surface area contributed by atoms with E-state index in [-0.39, 0.29) is 0 Å². The molecular formula is C10H19NO. The van der Waals surface area contributed by atoms with Crippen molar-refractivity contribution in [1.82, 2.24) is 5.32 Å². The van der Waals surface area contributed by atoms with Gasteiger partial charge in [0.2, 0.25) is 0 Å². The maximum atomic E-state index is 5.42. The third kappa shape index (κ3) is 2.20. The van der Waals surface area contributed by atoms with Gasteiger partial charge in [-0.15, -0.1) is 0 Å². The lowest BCUT2D eigenvalue weighted by Gasteiger charge is -2.26. The van der Waals surface area contributed by atoms with Gasteiger partial charge in [0, 0.05) is 18.7 Å². The van der Waals surface area contributed by atoms with Crippen LogP contribution < -0.4 is 5.32 Å². The summed E-state index contributed by atoms with van der Waals surface area (Å²) in [7, 11) is 0. The second kappa shape index (κ2) is 3.75. The fourth-order valence-corrected chi connectivity index (χ4v) is 1.98. The number of rotatable bonds is 3. The van der Waals surface area contributed by atoms with Gasteiger partial charge in [0.05, 0.1) is 6.61 Å². The van der Waals surface area contributed by atoms with Crippen LogP contribution in [0.1, 0.15) is 32.6 Å². The lowest BCUT2D eigenvalue weighted by atomic mass is 10.1. The third-order valence-electron chi connectivity index (χ3n) is 2.99. The minimum absolute atomic E-state index is 0.634.